The molecule has 0 aliphatic heterocycles. The van der Waals surface area contributed by atoms with Crippen molar-refractivity contribution < 1.29 is 14.0 Å². The fourth-order valence-electron chi connectivity index (χ4n) is 4.21. The Morgan fingerprint density at radius 2 is 1.26 bits per heavy atom. The summed E-state index contributed by atoms with van der Waals surface area (Å²) in [5.41, 5.74) is 5.68. The standard InChI is InChI=1S/C31H28NO2/c1-23-29-20-27(33-21-24-11-5-3-6-12-24)18-17-26(29)19-30(32(23)2)28-15-9-10-16-31(28)34-22-25-13-7-4-8-14-25/h3-20H,21-22H2,1-2H3/q+1. The summed E-state index contributed by atoms with van der Waals surface area (Å²) >= 11 is 0. The molecular weight excluding hydrogens is 418 g/mol. The van der Waals surface area contributed by atoms with E-state index in [4.69, 9.17) is 9.47 Å². The largest absolute Gasteiger partial charge is 0.489 e. The number of ether oxygens (including phenoxy) is 2. The number of benzene rings is 4. The molecule has 1 aromatic heterocycles. The zero-order valence-electron chi connectivity index (χ0n) is 19.6. The second-order valence-electron chi connectivity index (χ2n) is 8.47. The van der Waals surface area contributed by atoms with E-state index in [1.807, 2.05) is 54.6 Å². The summed E-state index contributed by atoms with van der Waals surface area (Å²) in [4.78, 5) is 0. The number of rotatable bonds is 7. The number of nitrogens with zero attached hydrogens (tertiary/aromatic N) is 1. The Labute approximate surface area is 200 Å². The summed E-state index contributed by atoms with van der Waals surface area (Å²) in [6.45, 7) is 3.25. The number of pyridine rings is 1. The maximum atomic E-state index is 6.24. The minimum Gasteiger partial charge on any atom is -0.489 e. The van der Waals surface area contributed by atoms with Crippen LogP contribution in [0.25, 0.3) is 22.0 Å². The lowest BCUT2D eigenvalue weighted by atomic mass is 10.0. The first-order valence-electron chi connectivity index (χ1n) is 11.6. The molecule has 5 rings (SSSR count). The molecule has 0 fully saturated rings. The summed E-state index contributed by atoms with van der Waals surface area (Å²) in [6.07, 6.45) is 0. The first-order chi connectivity index (χ1) is 16.7. The fraction of sp³-hybridized carbons (Fsp3) is 0.129. The summed E-state index contributed by atoms with van der Waals surface area (Å²) < 4.78 is 14.5. The van der Waals surface area contributed by atoms with Crippen molar-refractivity contribution in [2.75, 3.05) is 0 Å². The molecule has 34 heavy (non-hydrogen) atoms. The predicted octanol–water partition coefficient (Wildman–Crippen LogP) is 6.80. The van der Waals surface area contributed by atoms with Gasteiger partial charge in [0, 0.05) is 13.0 Å². The van der Waals surface area contributed by atoms with Crippen molar-refractivity contribution in [2.45, 2.75) is 20.1 Å². The second kappa shape index (κ2) is 9.80. The number of hydrogen-bond acceptors (Lipinski definition) is 2. The summed E-state index contributed by atoms with van der Waals surface area (Å²) in [5.74, 6) is 1.75. The van der Waals surface area contributed by atoms with Crippen LogP contribution in [0, 0.1) is 6.92 Å². The van der Waals surface area contributed by atoms with E-state index in [1.54, 1.807) is 0 Å². The van der Waals surface area contributed by atoms with Gasteiger partial charge in [0.05, 0.1) is 10.9 Å². The van der Waals surface area contributed by atoms with Gasteiger partial charge < -0.3 is 9.47 Å². The molecule has 0 saturated carbocycles. The fourth-order valence-corrected chi connectivity index (χ4v) is 4.21. The van der Waals surface area contributed by atoms with Gasteiger partial charge in [0.1, 0.15) is 31.8 Å². The molecule has 0 N–H and O–H groups in total. The number of para-hydroxylation sites is 1. The first-order valence-corrected chi connectivity index (χ1v) is 11.6. The van der Waals surface area contributed by atoms with Gasteiger partial charge in [-0.3, -0.25) is 0 Å². The highest BCUT2D eigenvalue weighted by Crippen LogP contribution is 2.32. The molecule has 0 radical (unpaired) electrons. The van der Waals surface area contributed by atoms with Gasteiger partial charge in [-0.1, -0.05) is 78.9 Å². The Bertz CT molecular complexity index is 1410. The number of fused-ring (bicyclic) bond motifs is 1. The van der Waals surface area contributed by atoms with Crippen molar-refractivity contribution in [2.24, 2.45) is 7.05 Å². The molecule has 0 aliphatic carbocycles. The average molecular weight is 447 g/mol. The van der Waals surface area contributed by atoms with E-state index in [2.05, 4.69) is 73.1 Å². The normalized spacial score (nSPS) is 10.9. The van der Waals surface area contributed by atoms with E-state index in [0.717, 1.165) is 33.9 Å². The van der Waals surface area contributed by atoms with E-state index in [1.165, 1.54) is 16.5 Å². The molecule has 3 nitrogen and oxygen atoms in total. The maximum absolute atomic E-state index is 6.24. The van der Waals surface area contributed by atoms with Crippen LogP contribution < -0.4 is 14.0 Å². The van der Waals surface area contributed by atoms with Crippen LogP contribution in [0.3, 0.4) is 0 Å². The quantitative estimate of drug-likeness (QED) is 0.257. The molecule has 0 saturated heterocycles. The van der Waals surface area contributed by atoms with Gasteiger partial charge in [-0.15, -0.1) is 0 Å². The van der Waals surface area contributed by atoms with Gasteiger partial charge in [0.15, 0.2) is 5.69 Å². The molecule has 0 unspecified atom stereocenters. The smallest absolute Gasteiger partial charge is 0.216 e. The second-order valence-corrected chi connectivity index (χ2v) is 8.47. The number of aryl methyl sites for hydroxylation is 1. The first kappa shape index (κ1) is 21.7. The molecule has 0 spiro atoms. The molecule has 1 heterocycles. The molecule has 0 amide bonds. The van der Waals surface area contributed by atoms with E-state index in [9.17, 15) is 0 Å². The van der Waals surface area contributed by atoms with E-state index in [0.29, 0.717) is 13.2 Å². The lowest BCUT2D eigenvalue weighted by Gasteiger charge is -2.13. The molecule has 0 bridgehead atoms. The highest BCUT2D eigenvalue weighted by Gasteiger charge is 2.20. The van der Waals surface area contributed by atoms with Crippen molar-refractivity contribution in [1.29, 1.82) is 0 Å². The Morgan fingerprint density at radius 1 is 0.647 bits per heavy atom. The highest BCUT2D eigenvalue weighted by atomic mass is 16.5. The SMILES string of the molecule is Cc1c2cc(OCc3ccccc3)ccc2cc(-c2ccccc2OCc2ccccc2)[n+]1C. The van der Waals surface area contributed by atoms with Gasteiger partial charge in [0.2, 0.25) is 5.69 Å². The van der Waals surface area contributed by atoms with Crippen LogP contribution in [0.15, 0.2) is 109 Å². The maximum Gasteiger partial charge on any atom is 0.216 e. The Balaban J connectivity index is 1.45. The summed E-state index contributed by atoms with van der Waals surface area (Å²) in [7, 11) is 2.11. The third kappa shape index (κ3) is 4.65. The number of aromatic nitrogens is 1. The van der Waals surface area contributed by atoms with E-state index in [-0.39, 0.29) is 0 Å². The van der Waals surface area contributed by atoms with Crippen LogP contribution in [0.2, 0.25) is 0 Å². The van der Waals surface area contributed by atoms with Crippen molar-refractivity contribution in [3.8, 4) is 22.8 Å². The zero-order chi connectivity index (χ0) is 23.3. The van der Waals surface area contributed by atoms with Gasteiger partial charge >= 0.3 is 0 Å². The monoisotopic (exact) mass is 446 g/mol. The topological polar surface area (TPSA) is 22.3 Å². The van der Waals surface area contributed by atoms with Gasteiger partial charge in [0.25, 0.3) is 0 Å². The minimum absolute atomic E-state index is 0.538. The van der Waals surface area contributed by atoms with Crippen molar-refractivity contribution in [3.63, 3.8) is 0 Å². The van der Waals surface area contributed by atoms with Gasteiger partial charge in [-0.2, -0.15) is 4.57 Å². The van der Waals surface area contributed by atoms with Crippen LogP contribution in [0.4, 0.5) is 0 Å². The lowest BCUT2D eigenvalue weighted by Crippen LogP contribution is -2.35. The molecule has 0 aliphatic rings. The zero-order valence-corrected chi connectivity index (χ0v) is 19.6. The molecule has 4 aromatic carbocycles. The minimum atomic E-state index is 0.538. The predicted molar refractivity (Wildman–Crippen MR) is 137 cm³/mol. The Kier molecular flexibility index (Phi) is 6.26. The van der Waals surface area contributed by atoms with Crippen LogP contribution in [0.5, 0.6) is 11.5 Å². The Hall–Kier alpha value is -4.11. The van der Waals surface area contributed by atoms with Crippen molar-refractivity contribution >= 4 is 10.8 Å². The highest BCUT2D eigenvalue weighted by molar-refractivity contribution is 5.88. The average Bonchev–Trinajstić information content (AvgIpc) is 2.90. The van der Waals surface area contributed by atoms with Crippen molar-refractivity contribution in [3.05, 3.63) is 126 Å². The Morgan fingerprint density at radius 3 is 1.97 bits per heavy atom. The van der Waals surface area contributed by atoms with Crippen LogP contribution in [-0.4, -0.2) is 0 Å². The lowest BCUT2D eigenvalue weighted by molar-refractivity contribution is -0.665. The summed E-state index contributed by atoms with van der Waals surface area (Å²) in [6, 6.07) is 37.3. The van der Waals surface area contributed by atoms with E-state index < -0.39 is 0 Å². The van der Waals surface area contributed by atoms with Crippen molar-refractivity contribution in [1.82, 2.24) is 0 Å². The van der Waals surface area contributed by atoms with Crippen LogP contribution in [-0.2, 0) is 20.3 Å². The van der Waals surface area contributed by atoms with Crippen LogP contribution >= 0.6 is 0 Å². The van der Waals surface area contributed by atoms with Gasteiger partial charge in [-0.05, 0) is 40.8 Å². The van der Waals surface area contributed by atoms with Crippen LogP contribution in [0.1, 0.15) is 16.8 Å². The molecule has 0 atom stereocenters. The summed E-state index contributed by atoms with van der Waals surface area (Å²) in [5, 5.41) is 2.36. The molecule has 168 valence electrons. The van der Waals surface area contributed by atoms with Gasteiger partial charge in [-0.25, -0.2) is 0 Å². The third-order valence-corrected chi connectivity index (χ3v) is 6.22. The molecule has 3 heteroatoms. The molecular formula is C31H28NO2+. The number of hydrogen-bond donors (Lipinski definition) is 0. The van der Waals surface area contributed by atoms with E-state index >= 15 is 0 Å². The molecule has 5 aromatic rings. The third-order valence-electron chi connectivity index (χ3n) is 6.22.